The third kappa shape index (κ3) is 9.43. The van der Waals surface area contributed by atoms with Gasteiger partial charge in [-0.05, 0) is 32.6 Å². The smallest absolute Gasteiger partial charge is 0.274 e. The lowest BCUT2D eigenvalue weighted by Crippen LogP contribution is -2.30. The fourth-order valence-electron chi connectivity index (χ4n) is 1.89. The van der Waals surface area contributed by atoms with Crippen molar-refractivity contribution in [2.45, 2.75) is 18.7 Å². The molecule has 1 heterocycles. The van der Waals surface area contributed by atoms with Gasteiger partial charge in [-0.1, -0.05) is 0 Å². The number of furan rings is 1. The summed E-state index contributed by atoms with van der Waals surface area (Å²) < 4.78 is 5.72. The van der Waals surface area contributed by atoms with Gasteiger partial charge in [0.1, 0.15) is 11.5 Å². The van der Waals surface area contributed by atoms with Crippen LogP contribution in [0.2, 0.25) is 0 Å². The molecular formula is C15H26N4O4S. The van der Waals surface area contributed by atoms with Gasteiger partial charge < -0.3 is 25.1 Å². The topological polar surface area (TPSA) is 104 Å². The lowest BCUT2D eigenvalue weighted by atomic mass is 10.4. The molecule has 0 atom stereocenters. The normalized spacial score (nSPS) is 11.8. The zero-order chi connectivity index (χ0) is 17.8. The predicted octanol–water partition coefficient (Wildman–Crippen LogP) is 1.21. The van der Waals surface area contributed by atoms with Crippen molar-refractivity contribution in [3.63, 3.8) is 0 Å². The molecule has 0 radical (unpaired) electrons. The Morgan fingerprint density at radius 2 is 2.08 bits per heavy atom. The van der Waals surface area contributed by atoms with Gasteiger partial charge in [0.2, 0.25) is 0 Å². The summed E-state index contributed by atoms with van der Waals surface area (Å²) >= 11 is 1.69. The van der Waals surface area contributed by atoms with Gasteiger partial charge in [-0.15, -0.1) is 0 Å². The summed E-state index contributed by atoms with van der Waals surface area (Å²) in [5, 5.41) is 25.2. The highest BCUT2D eigenvalue weighted by Crippen LogP contribution is 2.15. The first-order valence-electron chi connectivity index (χ1n) is 7.75. The number of thioether (sulfide) groups is 1. The summed E-state index contributed by atoms with van der Waals surface area (Å²) in [5.41, 5.74) is 0. The molecule has 1 aromatic rings. The van der Waals surface area contributed by atoms with E-state index in [2.05, 4.69) is 10.6 Å². The van der Waals surface area contributed by atoms with Crippen LogP contribution in [0.4, 0.5) is 0 Å². The van der Waals surface area contributed by atoms with Gasteiger partial charge in [-0.2, -0.15) is 11.8 Å². The number of nitrogens with one attached hydrogen (secondary N) is 2. The molecule has 9 heteroatoms. The zero-order valence-electron chi connectivity index (χ0n) is 14.2. The molecule has 0 saturated carbocycles. The molecule has 0 aromatic carbocycles. The molecule has 1 aromatic heterocycles. The second-order valence-electron chi connectivity index (χ2n) is 5.42. The summed E-state index contributed by atoms with van der Waals surface area (Å²) in [6.07, 6.45) is 1.45. The number of aliphatic hydroxyl groups is 1. The van der Waals surface area contributed by atoms with E-state index < -0.39 is 4.92 Å². The van der Waals surface area contributed by atoms with Crippen molar-refractivity contribution in [1.82, 2.24) is 15.5 Å². The summed E-state index contributed by atoms with van der Waals surface area (Å²) in [6, 6.07) is 3.96. The monoisotopic (exact) mass is 358 g/mol. The number of nitrogens with zero attached hydrogens (tertiary/aromatic N) is 2. The minimum Gasteiger partial charge on any atom is -0.464 e. The van der Waals surface area contributed by atoms with E-state index in [1.807, 2.05) is 31.1 Å². The molecule has 0 amide bonds. The Kier molecular flexibility index (Phi) is 9.97. The molecule has 0 spiro atoms. The van der Waals surface area contributed by atoms with Gasteiger partial charge in [-0.25, -0.2) is 0 Å². The maximum atomic E-state index is 10.6. The third-order valence-electron chi connectivity index (χ3n) is 2.88. The van der Waals surface area contributed by atoms with Crippen LogP contribution >= 0.6 is 11.8 Å². The molecule has 1 rings (SSSR count). The fourth-order valence-corrected chi connectivity index (χ4v) is 2.64. The molecule has 0 bridgehead atoms. The molecule has 0 saturated heterocycles. The minimum absolute atomic E-state index is 0.0492. The standard InChI is InChI=1S/C15H26N4O4S/c1-18(2)10-13-4-5-14(23-13)12-24-9-7-17-15(11-19(21)22)16-6-3-8-20/h4-5,11,16-17,20H,3,6-10,12H2,1-2H3/b15-11+. The number of aliphatic hydroxyl groups excluding tert-OH is 1. The molecule has 0 unspecified atom stereocenters. The van der Waals surface area contributed by atoms with Crippen LogP contribution in [-0.2, 0) is 12.3 Å². The van der Waals surface area contributed by atoms with Gasteiger partial charge in [0.15, 0.2) is 5.82 Å². The number of hydrogen-bond donors (Lipinski definition) is 3. The molecule has 24 heavy (non-hydrogen) atoms. The number of rotatable bonds is 13. The Hall–Kier alpha value is -1.71. The van der Waals surface area contributed by atoms with Crippen molar-refractivity contribution in [3.05, 3.63) is 45.8 Å². The second kappa shape index (κ2) is 11.8. The first kappa shape index (κ1) is 20.3. The van der Waals surface area contributed by atoms with Gasteiger partial charge in [0.25, 0.3) is 6.20 Å². The van der Waals surface area contributed by atoms with Gasteiger partial charge in [0.05, 0.1) is 17.2 Å². The van der Waals surface area contributed by atoms with Gasteiger partial charge in [0, 0.05) is 25.4 Å². The molecular weight excluding hydrogens is 332 g/mol. The van der Waals surface area contributed by atoms with E-state index in [4.69, 9.17) is 9.52 Å². The van der Waals surface area contributed by atoms with Gasteiger partial charge in [-0.3, -0.25) is 10.1 Å². The summed E-state index contributed by atoms with van der Waals surface area (Å²) in [6.45, 7) is 1.91. The van der Waals surface area contributed by atoms with Crippen LogP contribution in [0.25, 0.3) is 0 Å². The quantitative estimate of drug-likeness (QED) is 0.275. The van der Waals surface area contributed by atoms with Crippen LogP contribution in [0.15, 0.2) is 28.6 Å². The van der Waals surface area contributed by atoms with Gasteiger partial charge >= 0.3 is 0 Å². The average Bonchev–Trinajstić information content (AvgIpc) is 2.93. The first-order chi connectivity index (χ1) is 11.5. The van der Waals surface area contributed by atoms with Crippen LogP contribution in [0.3, 0.4) is 0 Å². The Labute approximate surface area is 146 Å². The Bertz CT molecular complexity index is 519. The highest BCUT2D eigenvalue weighted by atomic mass is 32.2. The highest BCUT2D eigenvalue weighted by molar-refractivity contribution is 7.98. The minimum atomic E-state index is -0.503. The second-order valence-corrected chi connectivity index (χ2v) is 6.52. The first-order valence-corrected chi connectivity index (χ1v) is 8.90. The van der Waals surface area contributed by atoms with Crippen molar-refractivity contribution in [3.8, 4) is 0 Å². The number of hydrogen-bond acceptors (Lipinski definition) is 8. The van der Waals surface area contributed by atoms with Crippen LogP contribution in [0.5, 0.6) is 0 Å². The van der Waals surface area contributed by atoms with Crippen molar-refractivity contribution in [2.75, 3.05) is 39.5 Å². The molecule has 8 nitrogen and oxygen atoms in total. The maximum absolute atomic E-state index is 10.6. The van der Waals surface area contributed by atoms with Crippen molar-refractivity contribution in [1.29, 1.82) is 0 Å². The molecule has 0 aliphatic heterocycles. The van der Waals surface area contributed by atoms with Crippen LogP contribution in [-0.4, -0.2) is 54.5 Å². The molecule has 0 aliphatic rings. The van der Waals surface area contributed by atoms with E-state index >= 15 is 0 Å². The summed E-state index contributed by atoms with van der Waals surface area (Å²) in [5.74, 6) is 3.79. The highest BCUT2D eigenvalue weighted by Gasteiger charge is 2.04. The lowest BCUT2D eigenvalue weighted by Gasteiger charge is -2.10. The van der Waals surface area contributed by atoms with E-state index in [1.165, 1.54) is 0 Å². The summed E-state index contributed by atoms with van der Waals surface area (Å²) in [4.78, 5) is 12.1. The zero-order valence-corrected chi connectivity index (χ0v) is 15.0. The fraction of sp³-hybridized carbons (Fsp3) is 0.600. The van der Waals surface area contributed by atoms with E-state index in [1.54, 1.807) is 11.8 Å². The molecule has 136 valence electrons. The van der Waals surface area contributed by atoms with Crippen LogP contribution in [0, 0.1) is 10.1 Å². The molecule has 0 aliphatic carbocycles. The van der Waals surface area contributed by atoms with E-state index in [0.717, 1.165) is 35.8 Å². The van der Waals surface area contributed by atoms with E-state index in [0.29, 0.717) is 25.3 Å². The van der Waals surface area contributed by atoms with Crippen LogP contribution < -0.4 is 10.6 Å². The Morgan fingerprint density at radius 1 is 1.38 bits per heavy atom. The average molecular weight is 358 g/mol. The largest absolute Gasteiger partial charge is 0.464 e. The molecule has 0 fully saturated rings. The van der Waals surface area contributed by atoms with Crippen molar-refractivity contribution < 1.29 is 14.4 Å². The van der Waals surface area contributed by atoms with Crippen LogP contribution in [0.1, 0.15) is 17.9 Å². The molecule has 3 N–H and O–H groups in total. The van der Waals surface area contributed by atoms with Crippen molar-refractivity contribution in [2.24, 2.45) is 0 Å². The number of nitro groups is 1. The summed E-state index contributed by atoms with van der Waals surface area (Å²) in [7, 11) is 3.99. The lowest BCUT2D eigenvalue weighted by molar-refractivity contribution is -0.404. The maximum Gasteiger partial charge on any atom is 0.274 e. The van der Waals surface area contributed by atoms with E-state index in [-0.39, 0.29) is 6.61 Å². The third-order valence-corrected chi connectivity index (χ3v) is 3.86. The van der Waals surface area contributed by atoms with E-state index in [9.17, 15) is 10.1 Å². The Morgan fingerprint density at radius 3 is 2.75 bits per heavy atom. The SMILES string of the molecule is CN(C)Cc1ccc(CSCCN/C(=C/[N+](=O)[O-])NCCCO)o1. The predicted molar refractivity (Wildman–Crippen MR) is 95.0 cm³/mol. The van der Waals surface area contributed by atoms with Crippen molar-refractivity contribution >= 4 is 11.8 Å². The Balaban J connectivity index is 2.25.